The van der Waals surface area contributed by atoms with E-state index in [0.29, 0.717) is 19.3 Å². The van der Waals surface area contributed by atoms with Gasteiger partial charge in [-0.25, -0.2) is 0 Å². The Bertz CT molecular complexity index is 1300. The number of unbranched alkanes of at least 4 members (excludes halogenated alkanes) is 19. The number of carbonyl (C=O) groups excluding carboxylic acids is 3. The van der Waals surface area contributed by atoms with Gasteiger partial charge in [-0.1, -0.05) is 214 Å². The highest BCUT2D eigenvalue weighted by Crippen LogP contribution is 2.14. The van der Waals surface area contributed by atoms with Crippen LogP contribution in [0.5, 0.6) is 0 Å². The third kappa shape index (κ3) is 49.3. The molecule has 364 valence electrons. The van der Waals surface area contributed by atoms with Crippen molar-refractivity contribution in [2.45, 2.75) is 239 Å². The van der Waals surface area contributed by atoms with Crippen LogP contribution in [0.4, 0.5) is 0 Å². The lowest BCUT2D eigenvalue weighted by Gasteiger charge is -2.18. The first kappa shape index (κ1) is 60.3. The first-order valence-corrected chi connectivity index (χ1v) is 26.2. The second-order valence-corrected chi connectivity index (χ2v) is 17.0. The molecule has 0 bridgehead atoms. The molecule has 0 aromatic carbocycles. The Morgan fingerprint density at radius 1 is 0.328 bits per heavy atom. The summed E-state index contributed by atoms with van der Waals surface area (Å²) in [6.07, 6.45) is 68.4. The zero-order valence-corrected chi connectivity index (χ0v) is 41.5. The van der Waals surface area contributed by atoms with Gasteiger partial charge < -0.3 is 14.2 Å². The van der Waals surface area contributed by atoms with Crippen molar-refractivity contribution in [2.24, 2.45) is 0 Å². The lowest BCUT2D eigenvalue weighted by Crippen LogP contribution is -2.30. The molecule has 0 heterocycles. The molecule has 0 aliphatic rings. The van der Waals surface area contributed by atoms with Crippen LogP contribution in [0.3, 0.4) is 0 Å². The van der Waals surface area contributed by atoms with Gasteiger partial charge in [-0.15, -0.1) is 0 Å². The van der Waals surface area contributed by atoms with E-state index in [1.54, 1.807) is 0 Å². The average molecular weight is 889 g/mol. The van der Waals surface area contributed by atoms with Crippen molar-refractivity contribution in [2.75, 3.05) is 13.2 Å². The normalized spacial score (nSPS) is 12.9. The van der Waals surface area contributed by atoms with Crippen molar-refractivity contribution in [1.82, 2.24) is 0 Å². The van der Waals surface area contributed by atoms with Crippen LogP contribution in [0.25, 0.3) is 0 Å². The number of allylic oxidation sites excluding steroid dienone is 16. The second kappa shape index (κ2) is 52.0. The van der Waals surface area contributed by atoms with Crippen molar-refractivity contribution in [1.29, 1.82) is 0 Å². The SMILES string of the molecule is CC/C=C\C/C=C\C/C=C\C/C=C\CCCCCCCCCCC(=O)OCC(COC(=O)CCCCCCCC)OC(=O)CCCCCCCC/C=C\C/C=C\C/C=C\C/C=C\CC. The van der Waals surface area contributed by atoms with E-state index in [0.717, 1.165) is 128 Å². The monoisotopic (exact) mass is 889 g/mol. The summed E-state index contributed by atoms with van der Waals surface area (Å²) in [5, 5.41) is 0. The fourth-order valence-corrected chi connectivity index (χ4v) is 6.95. The summed E-state index contributed by atoms with van der Waals surface area (Å²) in [6, 6.07) is 0. The lowest BCUT2D eigenvalue weighted by molar-refractivity contribution is -0.167. The third-order valence-electron chi connectivity index (χ3n) is 10.8. The maximum absolute atomic E-state index is 12.8. The van der Waals surface area contributed by atoms with Crippen LogP contribution >= 0.6 is 0 Å². The Hall–Kier alpha value is -3.67. The molecule has 0 spiro atoms. The van der Waals surface area contributed by atoms with Gasteiger partial charge in [0.05, 0.1) is 0 Å². The summed E-state index contributed by atoms with van der Waals surface area (Å²) in [6.45, 7) is 6.33. The molecule has 0 N–H and O–H groups in total. The predicted octanol–water partition coefficient (Wildman–Crippen LogP) is 17.4. The highest BCUT2D eigenvalue weighted by Gasteiger charge is 2.19. The minimum Gasteiger partial charge on any atom is -0.462 e. The molecular weight excluding hydrogens is 793 g/mol. The van der Waals surface area contributed by atoms with Crippen LogP contribution in [0.1, 0.15) is 233 Å². The van der Waals surface area contributed by atoms with Crippen LogP contribution in [0.2, 0.25) is 0 Å². The largest absolute Gasteiger partial charge is 0.462 e. The smallest absolute Gasteiger partial charge is 0.306 e. The van der Waals surface area contributed by atoms with E-state index in [4.69, 9.17) is 14.2 Å². The van der Waals surface area contributed by atoms with E-state index in [1.807, 2.05) is 0 Å². The topological polar surface area (TPSA) is 78.9 Å². The molecular formula is C58H96O6. The third-order valence-corrected chi connectivity index (χ3v) is 10.8. The highest BCUT2D eigenvalue weighted by atomic mass is 16.6. The van der Waals surface area contributed by atoms with Gasteiger partial charge in [-0.3, -0.25) is 14.4 Å². The van der Waals surface area contributed by atoms with Crippen LogP contribution in [-0.2, 0) is 28.6 Å². The molecule has 0 radical (unpaired) electrons. The minimum absolute atomic E-state index is 0.0869. The van der Waals surface area contributed by atoms with Crippen LogP contribution < -0.4 is 0 Å². The van der Waals surface area contributed by atoms with Crippen LogP contribution in [0.15, 0.2) is 97.2 Å². The summed E-state index contributed by atoms with van der Waals surface area (Å²) in [5.74, 6) is -0.921. The number of hydrogen-bond acceptors (Lipinski definition) is 6. The molecule has 0 fully saturated rings. The average Bonchev–Trinajstić information content (AvgIpc) is 3.29. The van der Waals surface area contributed by atoms with Crippen molar-refractivity contribution in [3.05, 3.63) is 97.2 Å². The van der Waals surface area contributed by atoms with Crippen molar-refractivity contribution in [3.63, 3.8) is 0 Å². The summed E-state index contributed by atoms with van der Waals surface area (Å²) in [4.78, 5) is 37.8. The fraction of sp³-hybridized carbons (Fsp3) is 0.672. The molecule has 0 aliphatic carbocycles. The van der Waals surface area contributed by atoms with Crippen LogP contribution in [-0.4, -0.2) is 37.2 Å². The Morgan fingerprint density at radius 3 is 0.953 bits per heavy atom. The Labute approximate surface area is 394 Å². The van der Waals surface area contributed by atoms with Gasteiger partial charge in [0, 0.05) is 19.3 Å². The molecule has 1 unspecified atom stereocenters. The molecule has 0 saturated carbocycles. The first-order chi connectivity index (χ1) is 31.5. The van der Waals surface area contributed by atoms with Crippen molar-refractivity contribution in [3.8, 4) is 0 Å². The van der Waals surface area contributed by atoms with Gasteiger partial charge in [-0.05, 0) is 96.3 Å². The molecule has 64 heavy (non-hydrogen) atoms. The van der Waals surface area contributed by atoms with Gasteiger partial charge in [0.1, 0.15) is 13.2 Å². The van der Waals surface area contributed by atoms with E-state index in [-0.39, 0.29) is 31.1 Å². The number of hydrogen-bond donors (Lipinski definition) is 0. The molecule has 0 saturated heterocycles. The van der Waals surface area contributed by atoms with Crippen LogP contribution in [0, 0.1) is 0 Å². The molecule has 6 nitrogen and oxygen atoms in total. The Morgan fingerprint density at radius 2 is 0.609 bits per heavy atom. The molecule has 0 aliphatic heterocycles. The zero-order chi connectivity index (χ0) is 46.5. The van der Waals surface area contributed by atoms with Crippen molar-refractivity contribution < 1.29 is 28.6 Å². The summed E-state index contributed by atoms with van der Waals surface area (Å²) >= 11 is 0. The highest BCUT2D eigenvalue weighted by molar-refractivity contribution is 5.71. The first-order valence-electron chi connectivity index (χ1n) is 26.2. The van der Waals surface area contributed by atoms with E-state index in [1.165, 1.54) is 64.2 Å². The summed E-state index contributed by atoms with van der Waals surface area (Å²) in [7, 11) is 0. The lowest BCUT2D eigenvalue weighted by atomic mass is 10.1. The molecule has 6 heteroatoms. The maximum atomic E-state index is 12.8. The number of carbonyl (C=O) groups is 3. The summed E-state index contributed by atoms with van der Waals surface area (Å²) < 4.78 is 16.7. The van der Waals surface area contributed by atoms with E-state index in [9.17, 15) is 14.4 Å². The quantitative estimate of drug-likeness (QED) is 0.0262. The van der Waals surface area contributed by atoms with Gasteiger partial charge in [0.15, 0.2) is 6.10 Å². The molecule has 1 atom stereocenters. The Kier molecular flexibility index (Phi) is 49.0. The molecule has 0 amide bonds. The molecule has 0 rings (SSSR count). The fourth-order valence-electron chi connectivity index (χ4n) is 6.95. The number of ether oxygens (including phenoxy) is 3. The maximum Gasteiger partial charge on any atom is 0.306 e. The molecule has 0 aromatic rings. The zero-order valence-electron chi connectivity index (χ0n) is 41.5. The number of esters is 3. The van der Waals surface area contributed by atoms with Gasteiger partial charge in [0.25, 0.3) is 0 Å². The number of rotatable bonds is 46. The van der Waals surface area contributed by atoms with Crippen molar-refractivity contribution >= 4 is 17.9 Å². The Balaban J connectivity index is 4.25. The van der Waals surface area contributed by atoms with E-state index in [2.05, 4.69) is 118 Å². The van der Waals surface area contributed by atoms with Gasteiger partial charge >= 0.3 is 17.9 Å². The molecule has 0 aromatic heterocycles. The standard InChI is InChI=1S/C58H96O6/c1-4-7-10-13-16-18-20-22-24-26-28-29-31-32-34-36-38-40-42-45-48-51-57(60)63-54-55(53-62-56(59)50-47-44-15-12-9-6-3)64-58(61)52-49-46-43-41-39-37-35-33-30-27-25-23-21-19-17-14-11-8-5-2/h7-8,10-11,16-19,22-25,28-30,33,55H,4-6,9,12-15,20-21,26-27,31-32,34-54H2,1-3H3/b10-7-,11-8-,18-16-,19-17-,24-22-,25-23-,29-28-,33-30-. The van der Waals surface area contributed by atoms with Gasteiger partial charge in [0.2, 0.25) is 0 Å². The minimum atomic E-state index is -0.786. The van der Waals surface area contributed by atoms with E-state index >= 15 is 0 Å². The predicted molar refractivity (Wildman–Crippen MR) is 274 cm³/mol. The second-order valence-electron chi connectivity index (χ2n) is 17.0. The van der Waals surface area contributed by atoms with E-state index < -0.39 is 6.10 Å². The summed E-state index contributed by atoms with van der Waals surface area (Å²) in [5.41, 5.74) is 0. The van der Waals surface area contributed by atoms with Gasteiger partial charge in [-0.2, -0.15) is 0 Å².